The summed E-state index contributed by atoms with van der Waals surface area (Å²) in [5, 5.41) is 9.62. The molecule has 1 aromatic heterocycles. The van der Waals surface area contributed by atoms with Gasteiger partial charge in [0.15, 0.2) is 11.0 Å². The van der Waals surface area contributed by atoms with Crippen molar-refractivity contribution in [1.29, 1.82) is 0 Å². The average molecular weight is 388 g/mol. The van der Waals surface area contributed by atoms with Crippen LogP contribution >= 0.6 is 11.8 Å². The Morgan fingerprint density at radius 1 is 0.786 bits per heavy atom. The smallest absolute Gasteiger partial charge is 0.191 e. The molecule has 4 rings (SSSR count). The summed E-state index contributed by atoms with van der Waals surface area (Å²) < 4.78 is 7.25. The first-order chi connectivity index (χ1) is 13.7. The van der Waals surface area contributed by atoms with E-state index in [0.29, 0.717) is 0 Å². The lowest BCUT2D eigenvalue weighted by atomic mass is 10.0. The monoisotopic (exact) mass is 387 g/mol. The molecule has 0 aliphatic heterocycles. The highest BCUT2D eigenvalue weighted by molar-refractivity contribution is 7.98. The Morgan fingerprint density at radius 3 is 2.11 bits per heavy atom. The highest BCUT2D eigenvalue weighted by atomic mass is 32.2. The van der Waals surface area contributed by atoms with E-state index in [2.05, 4.69) is 58.7 Å². The molecule has 0 amide bonds. The van der Waals surface area contributed by atoms with Crippen LogP contribution in [0.4, 0.5) is 0 Å². The Bertz CT molecular complexity index is 1040. The van der Waals surface area contributed by atoms with Crippen LogP contribution in [0.25, 0.3) is 22.5 Å². The van der Waals surface area contributed by atoms with Gasteiger partial charge in [-0.2, -0.15) is 0 Å². The van der Waals surface area contributed by atoms with Gasteiger partial charge in [-0.3, -0.25) is 0 Å². The van der Waals surface area contributed by atoms with Crippen LogP contribution in [-0.4, -0.2) is 21.9 Å². The molecule has 0 saturated carbocycles. The lowest BCUT2D eigenvalue weighted by molar-refractivity contribution is 0.415. The van der Waals surface area contributed by atoms with Crippen molar-refractivity contribution in [2.45, 2.75) is 10.9 Å². The highest BCUT2D eigenvalue weighted by Crippen LogP contribution is 2.27. The van der Waals surface area contributed by atoms with E-state index < -0.39 is 0 Å². The zero-order valence-electron chi connectivity index (χ0n) is 15.9. The summed E-state index contributed by atoms with van der Waals surface area (Å²) in [6, 6.07) is 27.0. The fourth-order valence-electron chi connectivity index (χ4n) is 3.00. The van der Waals surface area contributed by atoms with E-state index >= 15 is 0 Å². The number of methoxy groups -OCH3 is 1. The molecule has 4 aromatic rings. The molecular weight excluding hydrogens is 366 g/mol. The molecule has 0 aliphatic carbocycles. The number of thioether (sulfide) groups is 1. The maximum Gasteiger partial charge on any atom is 0.191 e. The summed E-state index contributed by atoms with van der Waals surface area (Å²) in [7, 11) is 3.67. The van der Waals surface area contributed by atoms with Crippen molar-refractivity contribution in [3.8, 4) is 28.3 Å². The molecule has 0 fully saturated rings. The van der Waals surface area contributed by atoms with Gasteiger partial charge in [0.1, 0.15) is 5.75 Å². The Hall–Kier alpha value is -3.05. The van der Waals surface area contributed by atoms with E-state index in [1.165, 1.54) is 16.7 Å². The van der Waals surface area contributed by atoms with Gasteiger partial charge >= 0.3 is 0 Å². The van der Waals surface area contributed by atoms with Gasteiger partial charge in [-0.25, -0.2) is 0 Å². The quantitative estimate of drug-likeness (QED) is 0.413. The molecule has 28 heavy (non-hydrogen) atoms. The highest BCUT2D eigenvalue weighted by Gasteiger charge is 2.11. The minimum absolute atomic E-state index is 0.833. The van der Waals surface area contributed by atoms with Crippen molar-refractivity contribution in [1.82, 2.24) is 14.8 Å². The van der Waals surface area contributed by atoms with Gasteiger partial charge in [-0.05, 0) is 41.0 Å². The molecule has 0 bridgehead atoms. The van der Waals surface area contributed by atoms with Crippen molar-refractivity contribution < 1.29 is 4.74 Å². The second-order valence-electron chi connectivity index (χ2n) is 6.45. The lowest BCUT2D eigenvalue weighted by Crippen LogP contribution is -1.95. The van der Waals surface area contributed by atoms with Crippen molar-refractivity contribution in [3.63, 3.8) is 0 Å². The number of aromatic nitrogens is 3. The molecular formula is C23H21N3OS. The first-order valence-electron chi connectivity index (χ1n) is 9.05. The average Bonchev–Trinajstić information content (AvgIpc) is 3.13. The second kappa shape index (κ2) is 8.31. The Labute approximate surface area is 169 Å². The molecule has 0 saturated heterocycles. The first kappa shape index (κ1) is 18.3. The number of rotatable bonds is 6. The number of ether oxygens (including phenoxy) is 1. The third kappa shape index (κ3) is 3.94. The molecule has 0 N–H and O–H groups in total. The normalized spacial score (nSPS) is 10.8. The maximum absolute atomic E-state index is 5.22. The van der Waals surface area contributed by atoms with Gasteiger partial charge in [0, 0.05) is 18.4 Å². The molecule has 0 unspecified atom stereocenters. The molecule has 0 aliphatic rings. The minimum atomic E-state index is 0.833. The Kier molecular flexibility index (Phi) is 5.44. The van der Waals surface area contributed by atoms with Crippen LogP contribution in [0, 0.1) is 0 Å². The van der Waals surface area contributed by atoms with Crippen LogP contribution in [0.15, 0.2) is 84.0 Å². The largest absolute Gasteiger partial charge is 0.497 e. The van der Waals surface area contributed by atoms with Crippen LogP contribution in [0.5, 0.6) is 5.75 Å². The van der Waals surface area contributed by atoms with Crippen LogP contribution < -0.4 is 4.74 Å². The summed E-state index contributed by atoms with van der Waals surface area (Å²) in [4.78, 5) is 0. The van der Waals surface area contributed by atoms with E-state index in [-0.39, 0.29) is 0 Å². The van der Waals surface area contributed by atoms with Gasteiger partial charge < -0.3 is 9.30 Å². The third-order valence-corrected chi connectivity index (χ3v) is 5.70. The third-order valence-electron chi connectivity index (χ3n) is 4.61. The van der Waals surface area contributed by atoms with E-state index in [4.69, 9.17) is 4.74 Å². The molecule has 4 nitrogen and oxygen atoms in total. The van der Waals surface area contributed by atoms with Gasteiger partial charge in [-0.1, -0.05) is 66.4 Å². The predicted molar refractivity (Wildman–Crippen MR) is 114 cm³/mol. The van der Waals surface area contributed by atoms with Crippen molar-refractivity contribution in [2.24, 2.45) is 7.05 Å². The minimum Gasteiger partial charge on any atom is -0.497 e. The van der Waals surface area contributed by atoms with Crippen molar-refractivity contribution in [2.75, 3.05) is 7.11 Å². The van der Waals surface area contributed by atoms with Crippen molar-refractivity contribution >= 4 is 11.8 Å². The fraction of sp³-hybridized carbons (Fsp3) is 0.130. The van der Waals surface area contributed by atoms with Gasteiger partial charge in [0.25, 0.3) is 0 Å². The molecule has 140 valence electrons. The molecule has 5 heteroatoms. The standard InChI is InChI=1S/C23H21N3OS/c1-26-22(20-12-14-21(27-2)15-13-20)24-25-23(26)28-16-17-8-10-19(11-9-17)18-6-4-3-5-7-18/h3-15H,16H2,1-2H3. The molecule has 0 atom stereocenters. The second-order valence-corrected chi connectivity index (χ2v) is 7.39. The van der Waals surface area contributed by atoms with E-state index in [0.717, 1.165) is 28.0 Å². The van der Waals surface area contributed by atoms with E-state index in [9.17, 15) is 0 Å². The molecule has 0 radical (unpaired) electrons. The van der Waals surface area contributed by atoms with Crippen LogP contribution in [0.3, 0.4) is 0 Å². The Balaban J connectivity index is 1.44. The number of hydrogen-bond donors (Lipinski definition) is 0. The van der Waals surface area contributed by atoms with Crippen molar-refractivity contribution in [3.05, 3.63) is 84.4 Å². The fourth-order valence-corrected chi connectivity index (χ4v) is 3.87. The van der Waals surface area contributed by atoms with Gasteiger partial charge in [0.2, 0.25) is 0 Å². The van der Waals surface area contributed by atoms with E-state index in [1.807, 2.05) is 41.9 Å². The van der Waals surface area contributed by atoms with E-state index in [1.54, 1.807) is 18.9 Å². The van der Waals surface area contributed by atoms with Crippen LogP contribution in [-0.2, 0) is 12.8 Å². The summed E-state index contributed by atoms with van der Waals surface area (Å²) in [6.45, 7) is 0. The topological polar surface area (TPSA) is 39.9 Å². The number of nitrogens with zero attached hydrogens (tertiary/aromatic N) is 3. The summed E-state index contributed by atoms with van der Waals surface area (Å²) in [5.74, 6) is 2.54. The first-order valence-corrected chi connectivity index (χ1v) is 10.0. The van der Waals surface area contributed by atoms with Gasteiger partial charge in [0.05, 0.1) is 7.11 Å². The summed E-state index contributed by atoms with van der Waals surface area (Å²) in [6.07, 6.45) is 0. The summed E-state index contributed by atoms with van der Waals surface area (Å²) >= 11 is 1.69. The number of benzene rings is 3. The van der Waals surface area contributed by atoms with Crippen LogP contribution in [0.1, 0.15) is 5.56 Å². The van der Waals surface area contributed by atoms with Gasteiger partial charge in [-0.15, -0.1) is 10.2 Å². The molecule has 1 heterocycles. The lowest BCUT2D eigenvalue weighted by Gasteiger charge is -2.06. The van der Waals surface area contributed by atoms with Crippen LogP contribution in [0.2, 0.25) is 0 Å². The predicted octanol–water partition coefficient (Wildman–Crippen LogP) is 5.45. The maximum atomic E-state index is 5.22. The molecule has 0 spiro atoms. The Morgan fingerprint density at radius 2 is 1.43 bits per heavy atom. The zero-order chi connectivity index (χ0) is 19.3. The zero-order valence-corrected chi connectivity index (χ0v) is 16.7. The summed E-state index contributed by atoms with van der Waals surface area (Å²) in [5.41, 5.74) is 4.75. The SMILES string of the molecule is COc1ccc(-c2nnc(SCc3ccc(-c4ccccc4)cc3)n2C)cc1. The number of hydrogen-bond acceptors (Lipinski definition) is 4. The molecule has 3 aromatic carbocycles.